The minimum absolute atomic E-state index is 0. The number of benzene rings is 1. The Balaban J connectivity index is 0.00000450. The number of pyridine rings is 1. The van der Waals surface area contributed by atoms with Crippen LogP contribution >= 0.6 is 24.0 Å². The molecular weight excluding hydrogens is 495 g/mol. The number of aliphatic imine (C=N–C) groups is 1. The van der Waals surface area contributed by atoms with E-state index in [0.29, 0.717) is 19.0 Å². The molecule has 0 atom stereocenters. The van der Waals surface area contributed by atoms with Crippen LogP contribution in [0.2, 0.25) is 0 Å². The zero-order chi connectivity index (χ0) is 20.9. The first kappa shape index (κ1) is 25.8. The molecule has 0 aliphatic heterocycles. The number of methoxy groups -OCH3 is 2. The molecule has 0 fully saturated rings. The minimum atomic E-state index is 0. The van der Waals surface area contributed by atoms with E-state index >= 15 is 0 Å². The first-order valence-electron chi connectivity index (χ1n) is 10.0. The summed E-state index contributed by atoms with van der Waals surface area (Å²) in [5.74, 6) is 2.96. The molecular formula is C22H33IN4O3. The molecule has 0 radical (unpaired) electrons. The van der Waals surface area contributed by atoms with Crippen molar-refractivity contribution in [2.75, 3.05) is 33.9 Å². The predicted molar refractivity (Wildman–Crippen MR) is 132 cm³/mol. The van der Waals surface area contributed by atoms with Gasteiger partial charge in [-0.2, -0.15) is 0 Å². The maximum absolute atomic E-state index is 5.65. The van der Waals surface area contributed by atoms with Crippen molar-refractivity contribution in [3.63, 3.8) is 0 Å². The molecule has 0 saturated heterocycles. The van der Waals surface area contributed by atoms with Crippen molar-refractivity contribution in [2.24, 2.45) is 4.99 Å². The quantitative estimate of drug-likeness (QED) is 0.200. The number of aryl methyl sites for hydroxylation is 1. The number of hydrogen-bond acceptors (Lipinski definition) is 5. The Hall–Kier alpha value is -2.23. The molecule has 30 heavy (non-hydrogen) atoms. The van der Waals surface area contributed by atoms with Gasteiger partial charge in [-0.05, 0) is 56.0 Å². The monoisotopic (exact) mass is 528 g/mol. The molecule has 2 rings (SSSR count). The van der Waals surface area contributed by atoms with Gasteiger partial charge >= 0.3 is 0 Å². The van der Waals surface area contributed by atoms with Crippen LogP contribution in [0, 0.1) is 0 Å². The van der Waals surface area contributed by atoms with E-state index in [4.69, 9.17) is 14.2 Å². The molecule has 0 unspecified atom stereocenters. The van der Waals surface area contributed by atoms with E-state index in [0.717, 1.165) is 49.0 Å². The van der Waals surface area contributed by atoms with Gasteiger partial charge in [0.2, 0.25) is 5.88 Å². The van der Waals surface area contributed by atoms with Crippen LogP contribution in [0.1, 0.15) is 31.4 Å². The number of nitrogens with one attached hydrogen (secondary N) is 2. The molecule has 0 aliphatic carbocycles. The number of hydrogen-bond donors (Lipinski definition) is 2. The highest BCUT2D eigenvalue weighted by Gasteiger charge is 2.06. The zero-order valence-corrected chi connectivity index (χ0v) is 20.6. The standard InChI is InChI=1S/C22H32N4O3.HI/c1-5-23-22(26-16-18-11-13-24-21(15-18)28-4)25-12-7-8-17-9-10-19(27-3)20(14-17)29-6-2;/h9-11,13-15H,5-8,12,16H2,1-4H3,(H2,23,25,26);1H. The van der Waals surface area contributed by atoms with Gasteiger partial charge < -0.3 is 24.8 Å². The minimum Gasteiger partial charge on any atom is -0.493 e. The van der Waals surface area contributed by atoms with Crippen LogP contribution in [0.4, 0.5) is 0 Å². The summed E-state index contributed by atoms with van der Waals surface area (Å²) in [6.45, 7) is 6.83. The van der Waals surface area contributed by atoms with E-state index in [2.05, 4.69) is 39.7 Å². The molecule has 2 N–H and O–H groups in total. The van der Waals surface area contributed by atoms with Gasteiger partial charge in [0.05, 0.1) is 27.4 Å². The van der Waals surface area contributed by atoms with Gasteiger partial charge in [0.15, 0.2) is 17.5 Å². The largest absolute Gasteiger partial charge is 0.493 e. The Kier molecular flexibility index (Phi) is 12.6. The van der Waals surface area contributed by atoms with Crippen molar-refractivity contribution in [1.82, 2.24) is 15.6 Å². The molecule has 0 aliphatic rings. The fraction of sp³-hybridized carbons (Fsp3) is 0.455. The first-order chi connectivity index (χ1) is 14.2. The molecule has 0 bridgehead atoms. The number of rotatable bonds is 11. The number of halogens is 1. The Labute approximate surface area is 196 Å². The SMILES string of the molecule is CCNC(=NCc1ccnc(OC)c1)NCCCc1ccc(OC)c(OCC)c1.I. The van der Waals surface area contributed by atoms with Crippen molar-refractivity contribution >= 4 is 29.9 Å². The fourth-order valence-corrected chi connectivity index (χ4v) is 2.82. The van der Waals surface area contributed by atoms with Crippen molar-refractivity contribution in [3.05, 3.63) is 47.7 Å². The summed E-state index contributed by atoms with van der Waals surface area (Å²) in [5.41, 5.74) is 2.28. The van der Waals surface area contributed by atoms with Crippen LogP contribution in [0.5, 0.6) is 17.4 Å². The van der Waals surface area contributed by atoms with Gasteiger partial charge in [-0.25, -0.2) is 9.98 Å². The van der Waals surface area contributed by atoms with Crippen molar-refractivity contribution in [3.8, 4) is 17.4 Å². The molecule has 1 aromatic heterocycles. The molecule has 8 heteroatoms. The highest BCUT2D eigenvalue weighted by molar-refractivity contribution is 14.0. The summed E-state index contributed by atoms with van der Waals surface area (Å²) in [7, 11) is 3.27. The third-order valence-electron chi connectivity index (χ3n) is 4.23. The molecule has 166 valence electrons. The third kappa shape index (κ3) is 8.64. The molecule has 1 aromatic carbocycles. The normalized spacial score (nSPS) is 10.7. The van der Waals surface area contributed by atoms with E-state index in [-0.39, 0.29) is 24.0 Å². The van der Waals surface area contributed by atoms with Crippen LogP contribution in [-0.4, -0.2) is 44.9 Å². The van der Waals surface area contributed by atoms with Crippen LogP contribution in [0.25, 0.3) is 0 Å². The van der Waals surface area contributed by atoms with Crippen LogP contribution in [0.3, 0.4) is 0 Å². The maximum atomic E-state index is 5.65. The molecule has 7 nitrogen and oxygen atoms in total. The first-order valence-corrected chi connectivity index (χ1v) is 10.0. The topological polar surface area (TPSA) is 77.0 Å². The van der Waals surface area contributed by atoms with Crippen molar-refractivity contribution in [1.29, 1.82) is 0 Å². The lowest BCUT2D eigenvalue weighted by molar-refractivity contribution is 0.310. The van der Waals surface area contributed by atoms with Crippen molar-refractivity contribution in [2.45, 2.75) is 33.2 Å². The van der Waals surface area contributed by atoms with Gasteiger partial charge in [-0.1, -0.05) is 6.07 Å². The number of aromatic nitrogens is 1. The Bertz CT molecular complexity index is 787. The molecule has 0 spiro atoms. The summed E-state index contributed by atoms with van der Waals surface area (Å²) in [6, 6.07) is 9.93. The van der Waals surface area contributed by atoms with E-state index in [1.54, 1.807) is 20.4 Å². The predicted octanol–water partition coefficient (Wildman–Crippen LogP) is 3.80. The van der Waals surface area contributed by atoms with Crippen LogP contribution in [-0.2, 0) is 13.0 Å². The molecule has 1 heterocycles. The number of guanidine groups is 1. The van der Waals surface area contributed by atoms with Crippen LogP contribution in [0.15, 0.2) is 41.5 Å². The third-order valence-corrected chi connectivity index (χ3v) is 4.23. The maximum Gasteiger partial charge on any atom is 0.213 e. The summed E-state index contributed by atoms with van der Waals surface area (Å²) in [4.78, 5) is 8.76. The van der Waals surface area contributed by atoms with Gasteiger partial charge in [0, 0.05) is 25.4 Å². The average molecular weight is 528 g/mol. The Morgan fingerprint density at radius 2 is 1.83 bits per heavy atom. The van der Waals surface area contributed by atoms with Gasteiger partial charge in [-0.3, -0.25) is 0 Å². The zero-order valence-electron chi connectivity index (χ0n) is 18.2. The van der Waals surface area contributed by atoms with E-state index in [9.17, 15) is 0 Å². The number of nitrogens with zero attached hydrogens (tertiary/aromatic N) is 2. The van der Waals surface area contributed by atoms with Gasteiger partial charge in [-0.15, -0.1) is 24.0 Å². The summed E-state index contributed by atoms with van der Waals surface area (Å²) in [6.07, 6.45) is 3.65. The van der Waals surface area contributed by atoms with Gasteiger partial charge in [0.1, 0.15) is 0 Å². The Morgan fingerprint density at radius 3 is 2.53 bits per heavy atom. The smallest absolute Gasteiger partial charge is 0.213 e. The fourth-order valence-electron chi connectivity index (χ4n) is 2.82. The van der Waals surface area contributed by atoms with Crippen LogP contribution < -0.4 is 24.8 Å². The lowest BCUT2D eigenvalue weighted by Gasteiger charge is -2.13. The summed E-state index contributed by atoms with van der Waals surface area (Å²) < 4.78 is 16.2. The second kappa shape index (κ2) is 14.7. The van der Waals surface area contributed by atoms with Crippen molar-refractivity contribution < 1.29 is 14.2 Å². The Morgan fingerprint density at radius 1 is 1.00 bits per heavy atom. The number of ether oxygens (including phenoxy) is 3. The lowest BCUT2D eigenvalue weighted by Crippen LogP contribution is -2.37. The van der Waals surface area contributed by atoms with E-state index < -0.39 is 0 Å². The summed E-state index contributed by atoms with van der Waals surface area (Å²) in [5, 5.41) is 6.66. The summed E-state index contributed by atoms with van der Waals surface area (Å²) >= 11 is 0. The highest BCUT2D eigenvalue weighted by atomic mass is 127. The molecule has 0 saturated carbocycles. The molecule has 2 aromatic rings. The highest BCUT2D eigenvalue weighted by Crippen LogP contribution is 2.28. The molecule has 0 amide bonds. The van der Waals surface area contributed by atoms with Gasteiger partial charge in [0.25, 0.3) is 0 Å². The van der Waals surface area contributed by atoms with E-state index in [1.807, 2.05) is 25.1 Å². The second-order valence-electron chi connectivity index (χ2n) is 6.35. The van der Waals surface area contributed by atoms with E-state index in [1.165, 1.54) is 5.56 Å². The second-order valence-corrected chi connectivity index (χ2v) is 6.35. The average Bonchev–Trinajstić information content (AvgIpc) is 2.75. The lowest BCUT2D eigenvalue weighted by atomic mass is 10.1.